The van der Waals surface area contributed by atoms with Crippen molar-refractivity contribution in [2.75, 3.05) is 38.6 Å². The number of aromatic amines is 2. The third-order valence-corrected chi connectivity index (χ3v) is 7.87. The van der Waals surface area contributed by atoms with Crippen molar-refractivity contribution in [2.45, 2.75) is 31.9 Å². The Bertz CT molecular complexity index is 1770. The Morgan fingerprint density at radius 3 is 2.85 bits per heavy atom. The average molecular weight is 561 g/mol. The number of imidazole rings is 1. The molecule has 0 unspecified atom stereocenters. The Morgan fingerprint density at radius 1 is 1.24 bits per heavy atom. The maximum absolute atomic E-state index is 13.8. The van der Waals surface area contributed by atoms with Crippen molar-refractivity contribution >= 4 is 27.5 Å². The van der Waals surface area contributed by atoms with Gasteiger partial charge in [-0.15, -0.1) is 0 Å². The van der Waals surface area contributed by atoms with Crippen molar-refractivity contribution in [3.63, 3.8) is 0 Å². The van der Waals surface area contributed by atoms with Crippen LogP contribution in [-0.4, -0.2) is 74.0 Å². The van der Waals surface area contributed by atoms with Crippen molar-refractivity contribution in [1.29, 1.82) is 0 Å². The highest BCUT2D eigenvalue weighted by Crippen LogP contribution is 2.36. The number of aromatic nitrogens is 4. The van der Waals surface area contributed by atoms with Crippen LogP contribution in [0.4, 0.5) is 10.1 Å². The first-order chi connectivity index (χ1) is 19.8. The van der Waals surface area contributed by atoms with Gasteiger partial charge < -0.3 is 39.7 Å². The van der Waals surface area contributed by atoms with E-state index in [4.69, 9.17) is 4.74 Å². The summed E-state index contributed by atoms with van der Waals surface area (Å²) in [6, 6.07) is 10.3. The predicted octanol–water partition coefficient (Wildman–Crippen LogP) is 4.14. The number of H-pyrrole nitrogens is 2. The number of nitrogens with zero attached hydrogens (tertiary/aromatic N) is 3. The Kier molecular flexibility index (Phi) is 7.14. The number of fused-ring (bicyclic) bond motifs is 2. The van der Waals surface area contributed by atoms with E-state index in [0.29, 0.717) is 39.3 Å². The number of halogens is 1. The largest absolute Gasteiger partial charge is 0.494 e. The minimum absolute atomic E-state index is 0.0585. The smallest absolute Gasteiger partial charge is 0.261 e. The van der Waals surface area contributed by atoms with Gasteiger partial charge in [-0.1, -0.05) is 6.07 Å². The van der Waals surface area contributed by atoms with Gasteiger partial charge in [-0.05, 0) is 70.2 Å². The van der Waals surface area contributed by atoms with E-state index in [-0.39, 0.29) is 36.4 Å². The average Bonchev–Trinajstić information content (AvgIpc) is 3.51. The van der Waals surface area contributed by atoms with Crippen LogP contribution >= 0.6 is 0 Å². The second kappa shape index (κ2) is 10.9. The van der Waals surface area contributed by atoms with E-state index >= 15 is 0 Å². The van der Waals surface area contributed by atoms with Crippen molar-refractivity contribution in [2.24, 2.45) is 0 Å². The molecule has 214 valence electrons. The lowest BCUT2D eigenvalue weighted by atomic mass is 10.1. The second-order valence-electron chi connectivity index (χ2n) is 10.7. The van der Waals surface area contributed by atoms with Crippen LogP contribution in [0.2, 0.25) is 0 Å². The first-order valence-corrected chi connectivity index (χ1v) is 13.7. The molecule has 0 radical (unpaired) electrons. The summed E-state index contributed by atoms with van der Waals surface area (Å²) < 4.78 is 21.3. The Labute approximate surface area is 235 Å². The van der Waals surface area contributed by atoms with E-state index < -0.39 is 6.10 Å². The van der Waals surface area contributed by atoms with E-state index in [0.717, 1.165) is 36.8 Å². The maximum Gasteiger partial charge on any atom is 0.261 e. The fourth-order valence-corrected chi connectivity index (χ4v) is 5.47. The molecule has 0 bridgehead atoms. The molecule has 2 aromatic carbocycles. The molecule has 5 aromatic rings. The number of rotatable bonds is 8. The Balaban J connectivity index is 1.22. The number of ether oxygens (including phenoxy) is 1. The van der Waals surface area contributed by atoms with Crippen molar-refractivity contribution in [3.05, 3.63) is 70.5 Å². The van der Waals surface area contributed by atoms with Gasteiger partial charge in [0.15, 0.2) is 5.88 Å². The molecule has 3 aromatic heterocycles. The minimum Gasteiger partial charge on any atom is -0.494 e. The van der Waals surface area contributed by atoms with E-state index in [1.165, 1.54) is 12.3 Å². The fraction of sp³-hybridized carbons (Fsp3) is 0.333. The molecule has 1 fully saturated rings. The third kappa shape index (κ3) is 5.25. The van der Waals surface area contributed by atoms with Crippen LogP contribution in [0.15, 0.2) is 53.6 Å². The number of hydrogen-bond donors (Lipinski definition) is 5. The number of benzene rings is 2. The number of likely N-dealkylation sites (tertiary alicyclic amines) is 1. The molecule has 5 N–H and O–H groups in total. The molecule has 0 aliphatic carbocycles. The zero-order valence-corrected chi connectivity index (χ0v) is 22.9. The normalized spacial score (nSPS) is 15.5. The SMILES string of the molecule is Cc1c(F)cccc1OC[C@H](O)CNc1cc[nH]c(=O)c1-c1nc2cc3c(O)n(C4CCN(C)CC4)cc3cc2[nH]1. The highest BCUT2D eigenvalue weighted by atomic mass is 19.1. The number of piperidine rings is 1. The zero-order valence-electron chi connectivity index (χ0n) is 22.9. The number of aliphatic hydroxyl groups is 1. The van der Waals surface area contributed by atoms with Crippen molar-refractivity contribution in [3.8, 4) is 23.0 Å². The van der Waals surface area contributed by atoms with Crippen LogP contribution in [-0.2, 0) is 0 Å². The summed E-state index contributed by atoms with van der Waals surface area (Å²) in [7, 11) is 2.11. The molecule has 0 spiro atoms. The van der Waals surface area contributed by atoms with Gasteiger partial charge in [0.1, 0.15) is 35.7 Å². The van der Waals surface area contributed by atoms with Gasteiger partial charge in [0.05, 0.1) is 16.7 Å². The molecule has 1 saturated heterocycles. The fourth-order valence-electron chi connectivity index (χ4n) is 5.47. The molecular formula is C30H33FN6O4. The first-order valence-electron chi connectivity index (χ1n) is 13.7. The maximum atomic E-state index is 13.8. The van der Waals surface area contributed by atoms with E-state index in [2.05, 4.69) is 32.2 Å². The summed E-state index contributed by atoms with van der Waals surface area (Å²) in [5, 5.41) is 26.3. The molecule has 6 rings (SSSR count). The quantitative estimate of drug-likeness (QED) is 0.193. The van der Waals surface area contributed by atoms with Gasteiger partial charge in [-0.2, -0.15) is 0 Å². The van der Waals surface area contributed by atoms with Crippen LogP contribution < -0.4 is 15.6 Å². The topological polar surface area (TPSA) is 131 Å². The lowest BCUT2D eigenvalue weighted by Gasteiger charge is -2.30. The number of aromatic hydroxyl groups is 1. The van der Waals surface area contributed by atoms with Gasteiger partial charge in [0, 0.05) is 41.3 Å². The summed E-state index contributed by atoms with van der Waals surface area (Å²) in [5.74, 6) is 0.580. The van der Waals surface area contributed by atoms with Gasteiger partial charge in [0.25, 0.3) is 5.56 Å². The number of aliphatic hydroxyl groups excluding tert-OH is 1. The molecule has 4 heterocycles. The summed E-state index contributed by atoms with van der Waals surface area (Å²) in [6.07, 6.45) is 4.53. The van der Waals surface area contributed by atoms with Crippen LogP contribution in [0.1, 0.15) is 24.4 Å². The lowest BCUT2D eigenvalue weighted by molar-refractivity contribution is 0.117. The molecule has 0 amide bonds. The monoisotopic (exact) mass is 560 g/mol. The Morgan fingerprint density at radius 2 is 2.05 bits per heavy atom. The van der Waals surface area contributed by atoms with Crippen LogP contribution in [0.25, 0.3) is 33.2 Å². The van der Waals surface area contributed by atoms with Crippen LogP contribution in [0.3, 0.4) is 0 Å². The zero-order chi connectivity index (χ0) is 28.7. The molecule has 1 aliphatic heterocycles. The van der Waals surface area contributed by atoms with Gasteiger partial charge in [-0.25, -0.2) is 9.37 Å². The summed E-state index contributed by atoms with van der Waals surface area (Å²) in [5.41, 5.74) is 2.16. The Hall–Kier alpha value is -4.35. The highest BCUT2D eigenvalue weighted by Gasteiger charge is 2.23. The standard InChI is InChI=1S/C30H33FN6O4/c1-17-22(31)4-3-5-26(17)41-16-20(38)14-33-23-6-9-32-29(39)27(23)28-34-24-12-18-15-37(19-7-10-36(2)11-8-19)30(40)21(18)13-25(24)35-28/h3-6,9,12-13,15,19-20,38,40H,7-8,10-11,14,16H2,1-2H3,(H,34,35)(H2,32,33,39)/t20-/m1/s1. The number of hydrogen-bond acceptors (Lipinski definition) is 7. The summed E-state index contributed by atoms with van der Waals surface area (Å²) in [4.78, 5) is 25.8. The molecule has 1 aliphatic rings. The minimum atomic E-state index is -0.926. The van der Waals surface area contributed by atoms with Gasteiger partial charge >= 0.3 is 0 Å². The van der Waals surface area contributed by atoms with Crippen LogP contribution in [0.5, 0.6) is 11.6 Å². The second-order valence-corrected chi connectivity index (χ2v) is 10.7. The highest BCUT2D eigenvalue weighted by molar-refractivity contribution is 5.99. The van der Waals surface area contributed by atoms with Gasteiger partial charge in [0.2, 0.25) is 0 Å². The van der Waals surface area contributed by atoms with Crippen molar-refractivity contribution in [1.82, 2.24) is 24.4 Å². The van der Waals surface area contributed by atoms with Crippen LogP contribution in [0, 0.1) is 12.7 Å². The third-order valence-electron chi connectivity index (χ3n) is 7.87. The molecule has 0 saturated carbocycles. The summed E-state index contributed by atoms with van der Waals surface area (Å²) in [6.45, 7) is 3.62. The number of nitrogens with one attached hydrogen (secondary N) is 3. The van der Waals surface area contributed by atoms with Crippen molar-refractivity contribution < 1.29 is 19.3 Å². The number of anilines is 1. The lowest BCUT2D eigenvalue weighted by Crippen LogP contribution is -2.31. The van der Waals surface area contributed by atoms with E-state index in [1.807, 2.05) is 22.9 Å². The van der Waals surface area contributed by atoms with Gasteiger partial charge in [-0.3, -0.25) is 4.79 Å². The predicted molar refractivity (Wildman–Crippen MR) is 156 cm³/mol. The number of pyridine rings is 1. The molecule has 41 heavy (non-hydrogen) atoms. The van der Waals surface area contributed by atoms with E-state index in [1.54, 1.807) is 25.1 Å². The molecule has 10 nitrogen and oxygen atoms in total. The molecular weight excluding hydrogens is 527 g/mol. The van der Waals surface area contributed by atoms with E-state index in [9.17, 15) is 19.4 Å². The first kappa shape index (κ1) is 26.9. The molecule has 11 heteroatoms. The molecule has 1 atom stereocenters. The summed E-state index contributed by atoms with van der Waals surface area (Å²) >= 11 is 0.